The van der Waals surface area contributed by atoms with Gasteiger partial charge >= 0.3 is 0 Å². The van der Waals surface area contributed by atoms with E-state index in [0.717, 1.165) is 25.7 Å². The van der Waals surface area contributed by atoms with Crippen LogP contribution in [0.25, 0.3) is 0 Å². The van der Waals surface area contributed by atoms with E-state index in [-0.39, 0.29) is 49.2 Å². The van der Waals surface area contributed by atoms with Crippen molar-refractivity contribution >= 4 is 17.7 Å². The van der Waals surface area contributed by atoms with E-state index >= 15 is 0 Å². The van der Waals surface area contributed by atoms with Gasteiger partial charge < -0.3 is 26.8 Å². The number of carbonyl (C=O) groups excluding carboxylic acids is 3. The van der Waals surface area contributed by atoms with Crippen molar-refractivity contribution in [2.75, 3.05) is 13.1 Å². The predicted molar refractivity (Wildman–Crippen MR) is 242 cm³/mol. The van der Waals surface area contributed by atoms with Crippen LogP contribution in [0, 0.1) is 0 Å². The Labute approximate surface area is 353 Å². The zero-order chi connectivity index (χ0) is 41.5. The minimum absolute atomic E-state index is 0.0653. The third-order valence-electron chi connectivity index (χ3n) is 12.5. The monoisotopic (exact) mass is 805 g/mol. The highest BCUT2D eigenvalue weighted by molar-refractivity contribution is 5.88. The summed E-state index contributed by atoms with van der Waals surface area (Å²) in [5.74, 6) is -0.774. The minimum atomic E-state index is -0.802. The maximum Gasteiger partial charge on any atom is 0.243 e. The summed E-state index contributed by atoms with van der Waals surface area (Å²) in [6, 6.07) is -0.782. The van der Waals surface area contributed by atoms with Crippen LogP contribution in [-0.2, 0) is 14.4 Å². The Balaban J connectivity index is 2.59. The number of aliphatic hydroxyl groups excluding tert-OH is 1. The second-order valence-corrected chi connectivity index (χ2v) is 18.4. The van der Waals surface area contributed by atoms with Gasteiger partial charge in [-0.25, -0.2) is 0 Å². The van der Waals surface area contributed by atoms with Gasteiger partial charge in [-0.3, -0.25) is 14.4 Å². The summed E-state index contributed by atoms with van der Waals surface area (Å²) < 4.78 is 0. The average molecular weight is 805 g/mol. The van der Waals surface area contributed by atoms with E-state index in [4.69, 9.17) is 5.73 Å². The Morgan fingerprint density at radius 3 is 1.07 bits per heavy atom. The first kappa shape index (κ1) is 53.3. The molecular formula is C49H96N4O4. The van der Waals surface area contributed by atoms with E-state index in [1.807, 2.05) is 0 Å². The standard InChI is InChI=1S/C49H96N4O4/c1-44(54)52-46(38-39-47(56)51-43-45(55)42-50)48(57)53-49(2)40-36-34-32-30-28-26-24-22-20-18-16-14-12-10-8-6-4-3-5-7-9-11-13-15-17-19-21-23-25-27-29-31-33-35-37-41-49/h45-46,55H,3-43,50H2,1-2H3,(H,51,56)(H,52,54)(H,53,57)/t45?,46-/m0/s1. The van der Waals surface area contributed by atoms with Gasteiger partial charge in [0.05, 0.1) is 6.10 Å². The third kappa shape index (κ3) is 34.9. The Bertz CT molecular complexity index is 908. The van der Waals surface area contributed by atoms with Crippen LogP contribution in [0.5, 0.6) is 0 Å². The molecule has 0 aromatic carbocycles. The molecule has 0 bridgehead atoms. The first-order valence-corrected chi connectivity index (χ1v) is 25.0. The molecule has 0 aromatic rings. The van der Waals surface area contributed by atoms with Gasteiger partial charge in [0.2, 0.25) is 17.7 Å². The number of rotatable bonds is 9. The summed E-state index contributed by atoms with van der Waals surface area (Å²) in [5.41, 5.74) is 5.10. The number of carbonyl (C=O) groups is 3. The fourth-order valence-electron chi connectivity index (χ4n) is 8.69. The van der Waals surface area contributed by atoms with Crippen LogP contribution in [0.3, 0.4) is 0 Å². The molecule has 2 atom stereocenters. The van der Waals surface area contributed by atoms with E-state index in [2.05, 4.69) is 22.9 Å². The fourth-order valence-corrected chi connectivity index (χ4v) is 8.69. The zero-order valence-electron chi connectivity index (χ0n) is 37.9. The molecule has 8 nitrogen and oxygen atoms in total. The molecule has 1 aliphatic carbocycles. The lowest BCUT2D eigenvalue weighted by molar-refractivity contribution is -0.130. The summed E-state index contributed by atoms with van der Waals surface area (Å²) >= 11 is 0. The van der Waals surface area contributed by atoms with Crippen LogP contribution in [-0.4, -0.2) is 53.6 Å². The minimum Gasteiger partial charge on any atom is -0.390 e. The number of hydrogen-bond donors (Lipinski definition) is 5. The molecule has 336 valence electrons. The average Bonchev–Trinajstić information content (AvgIpc) is 3.19. The second kappa shape index (κ2) is 38.5. The van der Waals surface area contributed by atoms with Crippen LogP contribution in [0.15, 0.2) is 0 Å². The first-order valence-electron chi connectivity index (χ1n) is 25.0. The first-order chi connectivity index (χ1) is 27.8. The van der Waals surface area contributed by atoms with Gasteiger partial charge in [0.25, 0.3) is 0 Å². The maximum absolute atomic E-state index is 13.7. The van der Waals surface area contributed by atoms with E-state index in [1.165, 1.54) is 219 Å². The molecule has 0 heterocycles. The second-order valence-electron chi connectivity index (χ2n) is 18.4. The highest BCUT2D eigenvalue weighted by Crippen LogP contribution is 2.25. The largest absolute Gasteiger partial charge is 0.390 e. The summed E-state index contributed by atoms with van der Waals surface area (Å²) in [7, 11) is 0. The van der Waals surface area contributed by atoms with E-state index in [1.54, 1.807) is 0 Å². The van der Waals surface area contributed by atoms with Crippen LogP contribution in [0.2, 0.25) is 0 Å². The van der Waals surface area contributed by atoms with Crippen molar-refractivity contribution in [3.05, 3.63) is 0 Å². The molecule has 57 heavy (non-hydrogen) atoms. The maximum atomic E-state index is 13.7. The molecule has 8 heteroatoms. The van der Waals surface area contributed by atoms with Gasteiger partial charge in [-0.1, -0.05) is 225 Å². The van der Waals surface area contributed by atoms with Crippen molar-refractivity contribution < 1.29 is 19.5 Å². The van der Waals surface area contributed by atoms with Gasteiger partial charge in [-0.2, -0.15) is 0 Å². The third-order valence-corrected chi connectivity index (χ3v) is 12.5. The van der Waals surface area contributed by atoms with Crippen LogP contribution < -0.4 is 21.7 Å². The van der Waals surface area contributed by atoms with Crippen molar-refractivity contribution in [1.29, 1.82) is 0 Å². The van der Waals surface area contributed by atoms with Gasteiger partial charge in [0.15, 0.2) is 0 Å². The highest BCUT2D eigenvalue weighted by atomic mass is 16.3. The molecule has 1 saturated carbocycles. The molecule has 0 aliphatic heterocycles. The smallest absolute Gasteiger partial charge is 0.243 e. The molecule has 0 saturated heterocycles. The van der Waals surface area contributed by atoms with Crippen molar-refractivity contribution in [3.63, 3.8) is 0 Å². The van der Waals surface area contributed by atoms with Crippen molar-refractivity contribution in [2.24, 2.45) is 5.73 Å². The Morgan fingerprint density at radius 2 is 0.807 bits per heavy atom. The molecule has 0 spiro atoms. The highest BCUT2D eigenvalue weighted by Gasteiger charge is 2.30. The van der Waals surface area contributed by atoms with E-state index in [0.29, 0.717) is 0 Å². The lowest BCUT2D eigenvalue weighted by Gasteiger charge is -2.33. The molecular weight excluding hydrogens is 709 g/mol. The molecule has 6 N–H and O–H groups in total. The number of nitrogens with one attached hydrogen (secondary N) is 3. The number of amides is 3. The van der Waals surface area contributed by atoms with Gasteiger partial charge in [0.1, 0.15) is 6.04 Å². The molecule has 0 radical (unpaired) electrons. The number of aliphatic hydroxyl groups is 1. The Morgan fingerprint density at radius 1 is 0.526 bits per heavy atom. The lowest BCUT2D eigenvalue weighted by Crippen LogP contribution is -2.54. The summed E-state index contributed by atoms with van der Waals surface area (Å²) in [6.07, 6.45) is 49.0. The molecule has 1 aliphatic rings. The van der Waals surface area contributed by atoms with Crippen molar-refractivity contribution in [1.82, 2.24) is 16.0 Å². The van der Waals surface area contributed by atoms with Gasteiger partial charge in [-0.05, 0) is 26.2 Å². The van der Waals surface area contributed by atoms with Crippen molar-refractivity contribution in [3.8, 4) is 0 Å². The van der Waals surface area contributed by atoms with Gasteiger partial charge in [-0.15, -0.1) is 0 Å². The summed E-state index contributed by atoms with van der Waals surface area (Å²) in [4.78, 5) is 38.1. The van der Waals surface area contributed by atoms with Gasteiger partial charge in [0, 0.05) is 32.0 Å². The normalized spacial score (nSPS) is 21.7. The molecule has 3 amide bonds. The molecule has 1 unspecified atom stereocenters. The topological polar surface area (TPSA) is 134 Å². The number of nitrogens with two attached hydrogens (primary N) is 1. The molecule has 0 aromatic heterocycles. The molecule has 1 rings (SSSR count). The summed E-state index contributed by atoms with van der Waals surface area (Å²) in [6.45, 7) is 3.73. The predicted octanol–water partition coefficient (Wildman–Crippen LogP) is 12.0. The Kier molecular flexibility index (Phi) is 36.1. The van der Waals surface area contributed by atoms with Crippen LogP contribution in [0.4, 0.5) is 0 Å². The zero-order valence-corrected chi connectivity index (χ0v) is 37.9. The lowest BCUT2D eigenvalue weighted by atomic mass is 9.87. The summed E-state index contributed by atoms with van der Waals surface area (Å²) in [5, 5.41) is 18.5. The van der Waals surface area contributed by atoms with Crippen LogP contribution >= 0.6 is 0 Å². The van der Waals surface area contributed by atoms with Crippen molar-refractivity contribution in [2.45, 2.75) is 282 Å². The molecule has 1 fully saturated rings. The SMILES string of the molecule is CC(=O)N[C@@H](CCC(=O)NCC(O)CN)C(=O)NC1(C)CCCCCCCCCCCCCCCCCCCCCCCCCCCCCCCCCCCCC1. The fraction of sp³-hybridized carbons (Fsp3) is 0.939. The van der Waals surface area contributed by atoms with Crippen LogP contribution in [0.1, 0.15) is 264 Å². The Hall–Kier alpha value is -1.67. The number of hydrogen-bond acceptors (Lipinski definition) is 5. The quantitative estimate of drug-likeness (QED) is 0.158. The van der Waals surface area contributed by atoms with E-state index in [9.17, 15) is 19.5 Å². The van der Waals surface area contributed by atoms with E-state index < -0.39 is 12.1 Å².